The predicted octanol–water partition coefficient (Wildman–Crippen LogP) is -0.852. The molecule has 0 unspecified atom stereocenters. The van der Waals surface area contributed by atoms with Gasteiger partial charge < -0.3 is 20.2 Å². The van der Waals surface area contributed by atoms with Crippen LogP contribution in [0.5, 0.6) is 0 Å². The number of aromatic amines is 2. The van der Waals surface area contributed by atoms with Crippen molar-refractivity contribution in [3.8, 4) is 0 Å². The molecule has 0 aliphatic carbocycles. The number of H-pyrrole nitrogens is 2. The molecular weight excluding hydrogens is 250 g/mol. The quantitative estimate of drug-likeness (QED) is 0.484. The second-order valence-corrected chi connectivity index (χ2v) is 4.58. The first-order valence-electron chi connectivity index (χ1n) is 6.12. The Kier molecular flexibility index (Phi) is 2.71. The maximum atomic E-state index is 11.3. The van der Waals surface area contributed by atoms with Gasteiger partial charge >= 0.3 is 5.69 Å². The summed E-state index contributed by atoms with van der Waals surface area (Å²) in [6, 6.07) is 3.09. The van der Waals surface area contributed by atoms with E-state index in [1.54, 1.807) is 6.07 Å². The van der Waals surface area contributed by atoms with Crippen LogP contribution in [0, 0.1) is 10.1 Å². The number of aromatic nitrogens is 2. The van der Waals surface area contributed by atoms with Crippen LogP contribution in [0.25, 0.3) is 11.0 Å². The van der Waals surface area contributed by atoms with Gasteiger partial charge in [0, 0.05) is 6.07 Å². The molecule has 1 fully saturated rings. The highest BCUT2D eigenvalue weighted by atomic mass is 16.6. The van der Waals surface area contributed by atoms with E-state index < -0.39 is 4.92 Å². The molecule has 100 valence electrons. The minimum Gasteiger partial charge on any atom is -0.355 e. The molecule has 1 aromatic heterocycles. The number of hydrogen-bond donors (Lipinski definition) is 3. The molecular formula is C11H14N5O3+. The predicted molar refractivity (Wildman–Crippen MR) is 69.4 cm³/mol. The normalized spacial score (nSPS) is 15.9. The van der Waals surface area contributed by atoms with Crippen molar-refractivity contribution in [2.45, 2.75) is 0 Å². The number of nitrogens with one attached hydrogen (secondary N) is 2. The SMILES string of the molecule is O=c1[nH]c2cc(N3CC[NH2+]CC3)c([N+](=O)[O-])cc2[nH]1. The van der Waals surface area contributed by atoms with Crippen LogP contribution in [0.3, 0.4) is 0 Å². The van der Waals surface area contributed by atoms with Crippen molar-refractivity contribution in [1.29, 1.82) is 0 Å². The van der Waals surface area contributed by atoms with E-state index in [0.29, 0.717) is 16.7 Å². The fourth-order valence-corrected chi connectivity index (χ4v) is 2.45. The van der Waals surface area contributed by atoms with E-state index in [0.717, 1.165) is 26.2 Å². The Morgan fingerprint density at radius 1 is 1.21 bits per heavy atom. The molecule has 0 saturated carbocycles. The fourth-order valence-electron chi connectivity index (χ4n) is 2.45. The minimum atomic E-state index is -0.404. The van der Waals surface area contributed by atoms with E-state index in [1.165, 1.54) is 6.07 Å². The van der Waals surface area contributed by atoms with Gasteiger partial charge in [0.15, 0.2) is 0 Å². The number of nitro groups is 1. The largest absolute Gasteiger partial charge is 0.355 e. The van der Waals surface area contributed by atoms with Crippen molar-refractivity contribution in [1.82, 2.24) is 9.97 Å². The maximum absolute atomic E-state index is 11.3. The van der Waals surface area contributed by atoms with Crippen molar-refractivity contribution in [3.63, 3.8) is 0 Å². The fraction of sp³-hybridized carbons (Fsp3) is 0.364. The third-order valence-electron chi connectivity index (χ3n) is 3.35. The maximum Gasteiger partial charge on any atom is 0.323 e. The summed E-state index contributed by atoms with van der Waals surface area (Å²) in [6.07, 6.45) is 0. The van der Waals surface area contributed by atoms with Gasteiger partial charge in [-0.05, 0) is 6.07 Å². The number of nitro benzene ring substituents is 1. The van der Waals surface area contributed by atoms with Crippen LogP contribution in [0.1, 0.15) is 0 Å². The monoisotopic (exact) mass is 264 g/mol. The van der Waals surface area contributed by atoms with E-state index in [-0.39, 0.29) is 11.4 Å². The lowest BCUT2D eigenvalue weighted by Gasteiger charge is -2.26. The van der Waals surface area contributed by atoms with E-state index in [2.05, 4.69) is 15.3 Å². The van der Waals surface area contributed by atoms with Gasteiger partial charge in [-0.1, -0.05) is 0 Å². The van der Waals surface area contributed by atoms with Crippen molar-refractivity contribution in [2.75, 3.05) is 31.1 Å². The lowest BCUT2D eigenvalue weighted by molar-refractivity contribution is -0.655. The second kappa shape index (κ2) is 4.39. The summed E-state index contributed by atoms with van der Waals surface area (Å²) in [7, 11) is 0. The highest BCUT2D eigenvalue weighted by molar-refractivity contribution is 5.85. The molecule has 2 heterocycles. The van der Waals surface area contributed by atoms with Gasteiger partial charge in [0.25, 0.3) is 5.69 Å². The zero-order chi connectivity index (χ0) is 13.4. The first kappa shape index (κ1) is 11.7. The highest BCUT2D eigenvalue weighted by Crippen LogP contribution is 2.31. The first-order valence-corrected chi connectivity index (χ1v) is 6.12. The molecule has 0 bridgehead atoms. The molecule has 8 heteroatoms. The van der Waals surface area contributed by atoms with Gasteiger partial charge in [-0.25, -0.2) is 4.79 Å². The molecule has 19 heavy (non-hydrogen) atoms. The van der Waals surface area contributed by atoms with Crippen LogP contribution < -0.4 is 15.9 Å². The summed E-state index contributed by atoms with van der Waals surface area (Å²) >= 11 is 0. The summed E-state index contributed by atoms with van der Waals surface area (Å²) in [6.45, 7) is 3.36. The number of nitrogens with zero attached hydrogens (tertiary/aromatic N) is 2. The Bertz CT molecular complexity index is 683. The molecule has 3 rings (SSSR count). The Balaban J connectivity index is 2.16. The third-order valence-corrected chi connectivity index (χ3v) is 3.35. The van der Waals surface area contributed by atoms with E-state index >= 15 is 0 Å². The molecule has 0 atom stereocenters. The molecule has 0 amide bonds. The van der Waals surface area contributed by atoms with Gasteiger partial charge in [0.2, 0.25) is 0 Å². The number of nitrogens with two attached hydrogens (primary N) is 1. The van der Waals surface area contributed by atoms with Crippen LogP contribution in [-0.4, -0.2) is 41.1 Å². The standard InChI is InChI=1S/C11H13N5O3/c17-11-13-7-5-9(15-3-1-12-2-4-15)10(16(18)19)6-8(7)14-11/h5-6,12H,1-4H2,(H2,13,14,17)/p+1. The van der Waals surface area contributed by atoms with E-state index in [1.807, 2.05) is 4.90 Å². The van der Waals surface area contributed by atoms with Crippen molar-refractivity contribution in [2.24, 2.45) is 0 Å². The molecule has 1 aliphatic heterocycles. The third kappa shape index (κ3) is 2.06. The lowest BCUT2D eigenvalue weighted by Crippen LogP contribution is -2.89. The zero-order valence-electron chi connectivity index (χ0n) is 10.2. The Labute approximate surface area is 107 Å². The number of fused-ring (bicyclic) bond motifs is 1. The van der Waals surface area contributed by atoms with Crippen LogP contribution in [0.4, 0.5) is 11.4 Å². The van der Waals surface area contributed by atoms with Crippen LogP contribution in [-0.2, 0) is 0 Å². The number of benzene rings is 1. The molecule has 0 spiro atoms. The van der Waals surface area contributed by atoms with Gasteiger partial charge in [0.1, 0.15) is 5.69 Å². The zero-order valence-corrected chi connectivity index (χ0v) is 10.2. The minimum absolute atomic E-state index is 0.0321. The van der Waals surface area contributed by atoms with Crippen LogP contribution in [0.15, 0.2) is 16.9 Å². The van der Waals surface area contributed by atoms with Crippen LogP contribution in [0.2, 0.25) is 0 Å². The topological polar surface area (TPSA) is 112 Å². The Morgan fingerprint density at radius 3 is 2.47 bits per heavy atom. The highest BCUT2D eigenvalue weighted by Gasteiger charge is 2.23. The Morgan fingerprint density at radius 2 is 1.84 bits per heavy atom. The number of hydrogen-bond acceptors (Lipinski definition) is 4. The molecule has 8 nitrogen and oxygen atoms in total. The number of rotatable bonds is 2. The average molecular weight is 264 g/mol. The first-order chi connectivity index (χ1) is 9.15. The molecule has 4 N–H and O–H groups in total. The molecule has 1 aliphatic rings. The van der Waals surface area contributed by atoms with Gasteiger partial charge in [-0.2, -0.15) is 0 Å². The van der Waals surface area contributed by atoms with Gasteiger partial charge in [-0.3, -0.25) is 10.1 Å². The second-order valence-electron chi connectivity index (χ2n) is 4.58. The molecule has 1 saturated heterocycles. The summed E-state index contributed by atoms with van der Waals surface area (Å²) < 4.78 is 0. The summed E-state index contributed by atoms with van der Waals surface area (Å²) in [5.41, 5.74) is 1.31. The number of quaternary nitrogens is 1. The summed E-state index contributed by atoms with van der Waals surface area (Å²) in [4.78, 5) is 29.2. The van der Waals surface area contributed by atoms with Crippen LogP contribution >= 0.6 is 0 Å². The number of imidazole rings is 1. The van der Waals surface area contributed by atoms with Gasteiger partial charge in [0.05, 0.1) is 42.1 Å². The summed E-state index contributed by atoms with van der Waals surface area (Å²) in [5, 5.41) is 13.4. The molecule has 2 aromatic rings. The van der Waals surface area contributed by atoms with Crippen molar-refractivity contribution < 1.29 is 10.2 Å². The number of piperazine rings is 1. The molecule has 1 aromatic carbocycles. The molecule has 0 radical (unpaired) electrons. The average Bonchev–Trinajstić information content (AvgIpc) is 2.77. The smallest absolute Gasteiger partial charge is 0.323 e. The Hall–Kier alpha value is -2.35. The van der Waals surface area contributed by atoms with Crippen molar-refractivity contribution in [3.05, 3.63) is 32.7 Å². The van der Waals surface area contributed by atoms with Gasteiger partial charge in [-0.15, -0.1) is 0 Å². The summed E-state index contributed by atoms with van der Waals surface area (Å²) in [5.74, 6) is 0. The van der Waals surface area contributed by atoms with Crippen molar-refractivity contribution >= 4 is 22.4 Å². The number of anilines is 1. The van der Waals surface area contributed by atoms with E-state index in [9.17, 15) is 14.9 Å². The van der Waals surface area contributed by atoms with E-state index in [4.69, 9.17) is 0 Å². The lowest BCUT2D eigenvalue weighted by atomic mass is 10.2.